The van der Waals surface area contributed by atoms with Gasteiger partial charge in [-0.2, -0.15) is 0 Å². The molecule has 0 bridgehead atoms. The van der Waals surface area contributed by atoms with Gasteiger partial charge in [-0.3, -0.25) is 9.59 Å². The van der Waals surface area contributed by atoms with Crippen LogP contribution in [0.5, 0.6) is 5.75 Å². The number of carbonyl (C=O) groups excluding carboxylic acids is 1. The Morgan fingerprint density at radius 1 is 1.38 bits per heavy atom. The highest BCUT2D eigenvalue weighted by molar-refractivity contribution is 7.89. The van der Waals surface area contributed by atoms with Crippen LogP contribution in [0.25, 0.3) is 6.08 Å². The number of nitrogens with zero attached hydrogens (tertiary/aromatic N) is 1. The molecule has 1 aliphatic heterocycles. The number of carbonyl (C=O) groups is 2. The highest BCUT2D eigenvalue weighted by Gasteiger charge is 2.41. The highest BCUT2D eigenvalue weighted by Crippen LogP contribution is 2.30. The third-order valence-electron chi connectivity index (χ3n) is 4.47. The van der Waals surface area contributed by atoms with Crippen LogP contribution in [0.3, 0.4) is 0 Å². The van der Waals surface area contributed by atoms with Crippen molar-refractivity contribution in [2.75, 3.05) is 27.2 Å². The molecular weight excluding hydrogens is 360 g/mol. The first-order valence-corrected chi connectivity index (χ1v) is 9.43. The maximum Gasteiger partial charge on any atom is 0.311 e. The molecule has 0 spiro atoms. The lowest BCUT2D eigenvalue weighted by atomic mass is 9.90. The molecule has 1 amide bonds. The second-order valence-electron chi connectivity index (χ2n) is 6.33. The highest BCUT2D eigenvalue weighted by atomic mass is 32.2. The number of hydrogen-bond acceptors (Lipinski definition) is 5. The largest absolute Gasteiger partial charge is 0.495 e. The fourth-order valence-electron chi connectivity index (χ4n) is 2.71. The topological polar surface area (TPSA) is 113 Å². The number of hydrogen-bond donors (Lipinski definition) is 2. The zero-order valence-electron chi connectivity index (χ0n) is 14.9. The standard InChI is InChI=1S/C17H22N2O6S/c1-17(16(21)22)8-9-19(11-17)15(20)7-5-12-4-6-13(25-3)14(10-12)26(23,24)18-2/h4-7,10,18H,8-9,11H2,1-3H3,(H,21,22). The van der Waals surface area contributed by atoms with Gasteiger partial charge in [-0.25, -0.2) is 13.1 Å². The number of likely N-dealkylation sites (tertiary alicyclic amines) is 1. The van der Waals surface area contributed by atoms with Gasteiger partial charge < -0.3 is 14.7 Å². The smallest absolute Gasteiger partial charge is 0.311 e. The van der Waals surface area contributed by atoms with E-state index in [1.807, 2.05) is 0 Å². The van der Waals surface area contributed by atoms with E-state index in [9.17, 15) is 23.1 Å². The Morgan fingerprint density at radius 2 is 2.08 bits per heavy atom. The van der Waals surface area contributed by atoms with Gasteiger partial charge in [-0.05, 0) is 44.2 Å². The van der Waals surface area contributed by atoms with E-state index in [0.717, 1.165) is 0 Å². The van der Waals surface area contributed by atoms with Gasteiger partial charge in [-0.15, -0.1) is 0 Å². The molecule has 1 fully saturated rings. The molecule has 0 saturated carbocycles. The van der Waals surface area contributed by atoms with E-state index in [0.29, 0.717) is 18.5 Å². The van der Waals surface area contributed by atoms with Crippen LogP contribution in [0, 0.1) is 5.41 Å². The van der Waals surface area contributed by atoms with Crippen LogP contribution in [0.2, 0.25) is 0 Å². The van der Waals surface area contributed by atoms with Gasteiger partial charge in [0.15, 0.2) is 0 Å². The number of benzene rings is 1. The van der Waals surface area contributed by atoms with Crippen LogP contribution in [0.15, 0.2) is 29.2 Å². The molecule has 0 radical (unpaired) electrons. The second kappa shape index (κ2) is 7.46. The van der Waals surface area contributed by atoms with Gasteiger partial charge in [0.25, 0.3) is 0 Å². The Kier molecular flexibility index (Phi) is 5.72. The van der Waals surface area contributed by atoms with E-state index in [1.54, 1.807) is 13.0 Å². The summed E-state index contributed by atoms with van der Waals surface area (Å²) in [6.07, 6.45) is 3.20. The first-order valence-electron chi connectivity index (χ1n) is 7.95. The molecule has 2 rings (SSSR count). The van der Waals surface area contributed by atoms with E-state index in [1.165, 1.54) is 43.3 Å². The number of amides is 1. The van der Waals surface area contributed by atoms with Crippen LogP contribution in [0.1, 0.15) is 18.9 Å². The van der Waals surface area contributed by atoms with Crippen molar-refractivity contribution in [2.45, 2.75) is 18.2 Å². The van der Waals surface area contributed by atoms with Crippen molar-refractivity contribution in [1.82, 2.24) is 9.62 Å². The van der Waals surface area contributed by atoms with Gasteiger partial charge in [0.2, 0.25) is 15.9 Å². The fraction of sp³-hybridized carbons (Fsp3) is 0.412. The first kappa shape index (κ1) is 19.9. The Hall–Kier alpha value is -2.39. The Balaban J connectivity index is 2.20. The Morgan fingerprint density at radius 3 is 2.62 bits per heavy atom. The number of sulfonamides is 1. The molecular formula is C17H22N2O6S. The van der Waals surface area contributed by atoms with Crippen molar-refractivity contribution in [1.29, 1.82) is 0 Å². The molecule has 0 aromatic heterocycles. The van der Waals surface area contributed by atoms with Gasteiger partial charge >= 0.3 is 5.97 Å². The number of carboxylic acids is 1. The molecule has 1 heterocycles. The van der Waals surface area contributed by atoms with Crippen molar-refractivity contribution in [2.24, 2.45) is 5.41 Å². The van der Waals surface area contributed by atoms with E-state index < -0.39 is 21.4 Å². The molecule has 1 aromatic rings. The molecule has 2 N–H and O–H groups in total. The number of aliphatic carboxylic acids is 1. The van der Waals surface area contributed by atoms with E-state index in [2.05, 4.69) is 4.72 Å². The Labute approximate surface area is 152 Å². The molecule has 1 unspecified atom stereocenters. The lowest BCUT2D eigenvalue weighted by Crippen LogP contribution is -2.34. The summed E-state index contributed by atoms with van der Waals surface area (Å²) in [5.41, 5.74) is -0.425. The summed E-state index contributed by atoms with van der Waals surface area (Å²) in [6.45, 7) is 2.13. The molecule has 1 aromatic carbocycles. The predicted molar refractivity (Wildman–Crippen MR) is 95.2 cm³/mol. The maximum absolute atomic E-state index is 12.3. The molecule has 9 heteroatoms. The monoisotopic (exact) mass is 382 g/mol. The normalized spacial score (nSPS) is 20.5. The van der Waals surface area contributed by atoms with Crippen molar-refractivity contribution >= 4 is 28.0 Å². The summed E-state index contributed by atoms with van der Waals surface area (Å²) < 4.78 is 31.4. The third kappa shape index (κ3) is 4.05. The number of ether oxygens (including phenoxy) is 1. The van der Waals surface area contributed by atoms with Gasteiger partial charge in [0.05, 0.1) is 12.5 Å². The predicted octanol–water partition coefficient (Wildman–Crippen LogP) is 0.940. The average Bonchev–Trinajstić information content (AvgIpc) is 3.03. The zero-order valence-corrected chi connectivity index (χ0v) is 15.7. The fourth-order valence-corrected chi connectivity index (χ4v) is 3.64. The van der Waals surface area contributed by atoms with Crippen molar-refractivity contribution in [3.8, 4) is 5.75 Å². The molecule has 1 saturated heterocycles. The summed E-state index contributed by atoms with van der Waals surface area (Å²) in [5, 5.41) is 9.23. The molecule has 1 atom stereocenters. The van der Waals surface area contributed by atoms with Crippen molar-refractivity contribution < 1.29 is 27.9 Å². The summed E-state index contributed by atoms with van der Waals surface area (Å²) in [6, 6.07) is 4.54. The van der Waals surface area contributed by atoms with Gasteiger partial charge in [0.1, 0.15) is 10.6 Å². The molecule has 1 aliphatic rings. The minimum absolute atomic E-state index is 0.0308. The Bertz CT molecular complexity index is 849. The van der Waals surface area contributed by atoms with E-state index in [4.69, 9.17) is 4.74 Å². The number of rotatable bonds is 6. The van der Waals surface area contributed by atoms with Crippen molar-refractivity contribution in [3.05, 3.63) is 29.8 Å². The minimum atomic E-state index is -3.71. The summed E-state index contributed by atoms with van der Waals surface area (Å²) in [5.74, 6) is -1.04. The SMILES string of the molecule is CNS(=O)(=O)c1cc(C=CC(=O)N2CCC(C)(C(=O)O)C2)ccc1OC. The summed E-state index contributed by atoms with van der Waals surface area (Å²) >= 11 is 0. The van der Waals surface area contributed by atoms with Gasteiger partial charge in [-0.1, -0.05) is 6.07 Å². The van der Waals surface area contributed by atoms with E-state index in [-0.39, 0.29) is 23.1 Å². The van der Waals surface area contributed by atoms with Crippen molar-refractivity contribution in [3.63, 3.8) is 0 Å². The molecule has 142 valence electrons. The van der Waals surface area contributed by atoms with Crippen LogP contribution < -0.4 is 9.46 Å². The average molecular weight is 382 g/mol. The number of carboxylic acid groups (broad SMARTS) is 1. The van der Waals surface area contributed by atoms with E-state index >= 15 is 0 Å². The third-order valence-corrected chi connectivity index (χ3v) is 5.90. The van der Waals surface area contributed by atoms with Crippen LogP contribution >= 0.6 is 0 Å². The van der Waals surface area contributed by atoms with Crippen LogP contribution in [-0.4, -0.2) is 57.5 Å². The van der Waals surface area contributed by atoms with Crippen LogP contribution in [0.4, 0.5) is 0 Å². The molecule has 8 nitrogen and oxygen atoms in total. The number of nitrogens with one attached hydrogen (secondary N) is 1. The summed E-state index contributed by atoms with van der Waals surface area (Å²) in [7, 11) is -1.04. The van der Waals surface area contributed by atoms with Crippen LogP contribution in [-0.2, 0) is 19.6 Å². The number of methoxy groups -OCH3 is 1. The quantitative estimate of drug-likeness (QED) is 0.708. The summed E-state index contributed by atoms with van der Waals surface area (Å²) in [4.78, 5) is 25.0. The second-order valence-corrected chi connectivity index (χ2v) is 8.18. The first-order chi connectivity index (χ1) is 12.1. The minimum Gasteiger partial charge on any atom is -0.495 e. The van der Waals surface area contributed by atoms with Gasteiger partial charge in [0, 0.05) is 19.2 Å². The molecule has 0 aliphatic carbocycles. The lowest BCUT2D eigenvalue weighted by Gasteiger charge is -2.19. The zero-order chi connectivity index (χ0) is 19.5. The maximum atomic E-state index is 12.3. The molecule has 26 heavy (non-hydrogen) atoms. The lowest BCUT2D eigenvalue weighted by molar-refractivity contribution is -0.147.